The van der Waals surface area contributed by atoms with Crippen LogP contribution < -0.4 is 10.5 Å². The molecule has 0 radical (unpaired) electrons. The predicted molar refractivity (Wildman–Crippen MR) is 124 cm³/mol. The summed E-state index contributed by atoms with van der Waals surface area (Å²) in [5, 5.41) is 1.70. The highest BCUT2D eigenvalue weighted by Crippen LogP contribution is 2.23. The van der Waals surface area contributed by atoms with Gasteiger partial charge in [0.15, 0.2) is 0 Å². The van der Waals surface area contributed by atoms with Gasteiger partial charge in [-0.2, -0.15) is 0 Å². The molecule has 31 heavy (non-hydrogen) atoms. The summed E-state index contributed by atoms with van der Waals surface area (Å²) in [5.74, 6) is 0.831. The molecule has 0 unspecified atom stereocenters. The lowest BCUT2D eigenvalue weighted by atomic mass is 10.1. The maximum Gasteiger partial charge on any atom is 0.253 e. The van der Waals surface area contributed by atoms with Gasteiger partial charge in [-0.05, 0) is 66.9 Å². The molecule has 4 rings (SSSR count). The number of pyridine rings is 1. The molecular formula is C24H23ClN2O4. The van der Waals surface area contributed by atoms with E-state index in [1.807, 2.05) is 75.1 Å². The van der Waals surface area contributed by atoms with E-state index < -0.39 is 0 Å². The van der Waals surface area contributed by atoms with Crippen LogP contribution in [0.15, 0.2) is 76.1 Å². The number of hydrogen-bond donors (Lipinski definition) is 1. The third-order valence-electron chi connectivity index (χ3n) is 4.56. The van der Waals surface area contributed by atoms with Gasteiger partial charge in [-0.15, -0.1) is 0 Å². The fourth-order valence-corrected chi connectivity index (χ4v) is 3.30. The van der Waals surface area contributed by atoms with Crippen molar-refractivity contribution in [2.75, 3.05) is 4.90 Å². The maximum atomic E-state index is 12.6. The van der Waals surface area contributed by atoms with Gasteiger partial charge in [0, 0.05) is 28.3 Å². The number of carbonyl (C=O) groups is 2. The lowest BCUT2D eigenvalue weighted by molar-refractivity contribution is -0.0987. The van der Waals surface area contributed by atoms with Gasteiger partial charge in [0.05, 0.1) is 12.8 Å². The highest BCUT2D eigenvalue weighted by molar-refractivity contribution is 6.30. The Kier molecular flexibility index (Phi) is 8.78. The first-order valence-electron chi connectivity index (χ1n) is 9.32. The summed E-state index contributed by atoms with van der Waals surface area (Å²) in [6.07, 6.45) is 1.65. The zero-order chi connectivity index (χ0) is 22.8. The molecule has 4 aromatic rings. The number of fused-ring (bicyclic) bond motifs is 1. The second-order valence-electron chi connectivity index (χ2n) is 6.63. The average molecular weight is 439 g/mol. The number of rotatable bonds is 5. The number of nitrogens with one attached hydrogen (secondary N) is 1. The number of furan rings is 1. The van der Waals surface area contributed by atoms with Gasteiger partial charge in [0.25, 0.3) is 5.56 Å². The zero-order valence-electron chi connectivity index (χ0n) is 17.1. The van der Waals surface area contributed by atoms with Gasteiger partial charge in [0.2, 0.25) is 0 Å². The molecule has 0 amide bonds. The number of nitrogens with zero attached hydrogens (tertiary/aromatic N) is 1. The molecule has 0 atom stereocenters. The minimum absolute atomic E-state index is 0.0789. The van der Waals surface area contributed by atoms with Crippen LogP contribution in [0.3, 0.4) is 0 Å². The number of hydrogen-bond acceptors (Lipinski definition) is 5. The van der Waals surface area contributed by atoms with Crippen molar-refractivity contribution >= 4 is 41.8 Å². The molecule has 2 heterocycles. The van der Waals surface area contributed by atoms with Gasteiger partial charge >= 0.3 is 0 Å². The molecule has 2 aromatic heterocycles. The SMILES string of the molecule is C=O.C=O.Cc1ccc2[nH]c(=O)c(CN(Cc3ccco3)c3ccc(Cl)cc3)cc2c1. The van der Waals surface area contributed by atoms with E-state index in [0.29, 0.717) is 23.7 Å². The first-order chi connectivity index (χ1) is 15.1. The van der Waals surface area contributed by atoms with Crippen LogP contribution >= 0.6 is 11.6 Å². The van der Waals surface area contributed by atoms with Crippen molar-refractivity contribution in [1.29, 1.82) is 0 Å². The Morgan fingerprint density at radius 2 is 1.68 bits per heavy atom. The van der Waals surface area contributed by atoms with Crippen LogP contribution in [0.4, 0.5) is 5.69 Å². The van der Waals surface area contributed by atoms with Crippen molar-refractivity contribution in [2.24, 2.45) is 0 Å². The molecule has 7 heteroatoms. The van der Waals surface area contributed by atoms with Crippen LogP contribution in [0.25, 0.3) is 10.9 Å². The Hall–Kier alpha value is -3.64. The maximum absolute atomic E-state index is 12.6. The number of carbonyl (C=O) groups excluding carboxylic acids is 2. The Morgan fingerprint density at radius 1 is 0.968 bits per heavy atom. The van der Waals surface area contributed by atoms with E-state index in [4.69, 9.17) is 25.6 Å². The molecule has 0 saturated carbocycles. The monoisotopic (exact) mass is 438 g/mol. The van der Waals surface area contributed by atoms with E-state index >= 15 is 0 Å². The van der Waals surface area contributed by atoms with E-state index in [2.05, 4.69) is 16.0 Å². The second kappa shape index (κ2) is 11.5. The molecule has 6 nitrogen and oxygen atoms in total. The number of benzene rings is 2. The van der Waals surface area contributed by atoms with Crippen molar-refractivity contribution in [3.05, 3.63) is 99.2 Å². The quantitative estimate of drug-likeness (QED) is 0.478. The Balaban J connectivity index is 0.000000807. The molecule has 0 aliphatic rings. The van der Waals surface area contributed by atoms with Crippen LogP contribution in [0, 0.1) is 6.92 Å². The predicted octanol–water partition coefficient (Wildman–Crippen LogP) is 4.92. The fraction of sp³-hybridized carbons (Fsp3) is 0.125. The summed E-state index contributed by atoms with van der Waals surface area (Å²) >= 11 is 6.03. The normalized spacial score (nSPS) is 9.87. The van der Waals surface area contributed by atoms with Gasteiger partial charge in [-0.1, -0.05) is 23.2 Å². The lowest BCUT2D eigenvalue weighted by Gasteiger charge is -2.24. The van der Waals surface area contributed by atoms with Crippen LogP contribution in [0.2, 0.25) is 5.02 Å². The van der Waals surface area contributed by atoms with Gasteiger partial charge < -0.3 is 23.9 Å². The van der Waals surface area contributed by atoms with Crippen LogP contribution in [0.1, 0.15) is 16.9 Å². The molecular weight excluding hydrogens is 416 g/mol. The van der Waals surface area contributed by atoms with Crippen molar-refractivity contribution < 1.29 is 14.0 Å². The summed E-state index contributed by atoms with van der Waals surface area (Å²) in [7, 11) is 0. The minimum atomic E-state index is -0.0789. The lowest BCUT2D eigenvalue weighted by Crippen LogP contribution is -2.26. The van der Waals surface area contributed by atoms with Crippen LogP contribution in [0.5, 0.6) is 0 Å². The Labute approximate surface area is 185 Å². The number of aromatic nitrogens is 1. The van der Waals surface area contributed by atoms with Crippen molar-refractivity contribution in [3.8, 4) is 0 Å². The Bertz CT molecular complexity index is 1150. The molecule has 160 valence electrons. The van der Waals surface area contributed by atoms with Crippen molar-refractivity contribution in [1.82, 2.24) is 4.98 Å². The molecule has 0 saturated heterocycles. The molecule has 0 fully saturated rings. The number of H-pyrrole nitrogens is 1. The van der Waals surface area contributed by atoms with Crippen molar-refractivity contribution in [3.63, 3.8) is 0 Å². The van der Waals surface area contributed by atoms with Gasteiger partial charge in [0.1, 0.15) is 19.3 Å². The van der Waals surface area contributed by atoms with E-state index in [-0.39, 0.29) is 5.56 Å². The van der Waals surface area contributed by atoms with E-state index in [1.54, 1.807) is 6.26 Å². The van der Waals surface area contributed by atoms with E-state index in [1.165, 1.54) is 0 Å². The standard InChI is InChI=1S/C22H19ClN2O2.2CH2O/c1-15-4-9-21-16(11-15)12-17(22(26)24-21)13-25(14-20-3-2-10-27-20)19-7-5-18(23)6-8-19;2*1-2/h2-12H,13-14H2,1H3,(H,24,26);2*1H2. The first kappa shape index (κ1) is 23.6. The average Bonchev–Trinajstić information content (AvgIpc) is 3.30. The number of aryl methyl sites for hydroxylation is 1. The number of anilines is 1. The molecule has 1 N–H and O–H groups in total. The first-order valence-corrected chi connectivity index (χ1v) is 9.69. The van der Waals surface area contributed by atoms with Crippen LogP contribution in [-0.4, -0.2) is 18.6 Å². The molecule has 2 aromatic carbocycles. The largest absolute Gasteiger partial charge is 0.467 e. The third kappa shape index (κ3) is 6.17. The third-order valence-corrected chi connectivity index (χ3v) is 4.81. The fourth-order valence-electron chi connectivity index (χ4n) is 3.18. The van der Waals surface area contributed by atoms with Crippen LogP contribution in [-0.2, 0) is 22.7 Å². The summed E-state index contributed by atoms with van der Waals surface area (Å²) < 4.78 is 5.51. The van der Waals surface area contributed by atoms with E-state index in [9.17, 15) is 4.79 Å². The zero-order valence-corrected chi connectivity index (χ0v) is 17.9. The molecule has 0 bridgehead atoms. The molecule has 0 aliphatic carbocycles. The van der Waals surface area contributed by atoms with E-state index in [0.717, 1.165) is 27.9 Å². The molecule has 0 aliphatic heterocycles. The van der Waals surface area contributed by atoms with Crippen molar-refractivity contribution in [2.45, 2.75) is 20.0 Å². The number of halogens is 1. The molecule has 0 spiro atoms. The summed E-state index contributed by atoms with van der Waals surface area (Å²) in [5.41, 5.74) is 3.60. The summed E-state index contributed by atoms with van der Waals surface area (Å²) in [6.45, 7) is 7.06. The highest BCUT2D eigenvalue weighted by Gasteiger charge is 2.13. The van der Waals surface area contributed by atoms with Gasteiger partial charge in [-0.3, -0.25) is 4.79 Å². The summed E-state index contributed by atoms with van der Waals surface area (Å²) in [4.78, 5) is 33.7. The smallest absolute Gasteiger partial charge is 0.253 e. The highest BCUT2D eigenvalue weighted by atomic mass is 35.5. The Morgan fingerprint density at radius 3 is 2.32 bits per heavy atom. The number of aromatic amines is 1. The minimum Gasteiger partial charge on any atom is -0.467 e. The van der Waals surface area contributed by atoms with Gasteiger partial charge in [-0.25, -0.2) is 0 Å². The summed E-state index contributed by atoms with van der Waals surface area (Å²) in [6, 6.07) is 19.4. The topological polar surface area (TPSA) is 83.4 Å². The second-order valence-corrected chi connectivity index (χ2v) is 7.06.